The van der Waals surface area contributed by atoms with E-state index in [4.69, 9.17) is 47.4 Å². The van der Waals surface area contributed by atoms with Crippen molar-refractivity contribution in [2.24, 2.45) is 0 Å². The lowest BCUT2D eigenvalue weighted by Gasteiger charge is -2.18. The highest BCUT2D eigenvalue weighted by Crippen LogP contribution is 2.43. The number of nitrogens with zero attached hydrogens (tertiary/aromatic N) is 2. The van der Waals surface area contributed by atoms with Crippen LogP contribution in [-0.2, 0) is 0 Å². The summed E-state index contributed by atoms with van der Waals surface area (Å²) in [4.78, 5) is 0. The monoisotopic (exact) mass is 1120 g/mol. The molecule has 0 fully saturated rings. The summed E-state index contributed by atoms with van der Waals surface area (Å²) in [7, 11) is 0. The number of nitriles is 2. The average Bonchev–Trinajstić information content (AvgIpc) is 3.51. The molecule has 82 heavy (non-hydrogen) atoms. The van der Waals surface area contributed by atoms with Gasteiger partial charge in [-0.25, -0.2) is 0 Å². The summed E-state index contributed by atoms with van der Waals surface area (Å²) in [6.07, 6.45) is 24.2. The zero-order valence-electron chi connectivity index (χ0n) is 50.5. The van der Waals surface area contributed by atoms with E-state index in [1.807, 2.05) is 97.1 Å². The van der Waals surface area contributed by atoms with Crippen LogP contribution >= 0.6 is 0 Å². The predicted molar refractivity (Wildman–Crippen MR) is 335 cm³/mol. The third-order valence-corrected chi connectivity index (χ3v) is 12.2. The van der Waals surface area contributed by atoms with Gasteiger partial charge >= 0.3 is 0 Å². The Morgan fingerprint density at radius 1 is 0.256 bits per heavy atom. The van der Waals surface area contributed by atoms with Crippen LogP contribution in [0.4, 0.5) is 0 Å². The van der Waals surface area contributed by atoms with Crippen LogP contribution in [0.3, 0.4) is 0 Å². The molecule has 5 aromatic rings. The molecule has 0 N–H and O–H groups in total. The SMILES string of the molecule is CCCOc1cc(/C=C/c2cc(OCCC)c(OCCC)c(OCCC)c2)c(OCCC)cc1/C=C\c1cc(C#N)c(C#N)cc1/C=C/c1cc(OCCC)c(/C=C/c2cc(OCCC)c(OCCC)c(OCCC)c2)cc1OCCC. The normalized spacial score (nSPS) is 11.3. The predicted octanol–water partition coefficient (Wildman–Crippen LogP) is 18.0. The first kappa shape index (κ1) is 64.9. The van der Waals surface area contributed by atoms with Crippen molar-refractivity contribution in [2.75, 3.05) is 66.1 Å². The molecular weight excluding hydrogens is 1030 g/mol. The van der Waals surface area contributed by atoms with Gasteiger partial charge in [0.1, 0.15) is 35.1 Å². The molecule has 5 aromatic carbocycles. The van der Waals surface area contributed by atoms with Crippen LogP contribution < -0.4 is 47.4 Å². The summed E-state index contributed by atoms with van der Waals surface area (Å²) in [5.41, 5.74) is 6.96. The van der Waals surface area contributed by atoms with Gasteiger partial charge in [-0.2, -0.15) is 10.5 Å². The van der Waals surface area contributed by atoms with E-state index in [9.17, 15) is 10.5 Å². The number of rotatable bonds is 38. The van der Waals surface area contributed by atoms with Gasteiger partial charge in [-0.15, -0.1) is 0 Å². The van der Waals surface area contributed by atoms with E-state index in [1.54, 1.807) is 12.1 Å². The number of benzene rings is 5. The molecule has 438 valence electrons. The van der Waals surface area contributed by atoms with Crippen LogP contribution in [0.25, 0.3) is 48.6 Å². The Labute approximate surface area is 489 Å². The highest BCUT2D eigenvalue weighted by atomic mass is 16.6. The van der Waals surface area contributed by atoms with Crippen LogP contribution in [0.1, 0.15) is 189 Å². The van der Waals surface area contributed by atoms with Crippen LogP contribution in [0.2, 0.25) is 0 Å². The van der Waals surface area contributed by atoms with Gasteiger partial charge in [0.15, 0.2) is 23.0 Å². The topological polar surface area (TPSA) is 140 Å². The first-order valence-electron chi connectivity index (χ1n) is 29.9. The maximum Gasteiger partial charge on any atom is 0.203 e. The minimum atomic E-state index is 0.264. The van der Waals surface area contributed by atoms with Crippen molar-refractivity contribution in [2.45, 2.75) is 133 Å². The van der Waals surface area contributed by atoms with Gasteiger partial charge in [0, 0.05) is 22.3 Å². The molecule has 0 saturated heterocycles. The lowest BCUT2D eigenvalue weighted by atomic mass is 9.97. The van der Waals surface area contributed by atoms with Gasteiger partial charge in [0.05, 0.1) is 77.2 Å². The second-order valence-corrected chi connectivity index (χ2v) is 19.6. The quantitative estimate of drug-likeness (QED) is 0.0348. The highest BCUT2D eigenvalue weighted by molar-refractivity contribution is 5.85. The molecule has 5 rings (SSSR count). The molecule has 0 unspecified atom stereocenters. The molecule has 0 atom stereocenters. The van der Waals surface area contributed by atoms with Gasteiger partial charge in [-0.1, -0.05) is 118 Å². The van der Waals surface area contributed by atoms with Crippen molar-refractivity contribution in [3.05, 3.63) is 116 Å². The third-order valence-electron chi connectivity index (χ3n) is 12.2. The minimum Gasteiger partial charge on any atom is -0.493 e. The number of hydrogen-bond donors (Lipinski definition) is 0. The fourth-order valence-corrected chi connectivity index (χ4v) is 8.25. The standard InChI is InChI=1S/C70H88N2O10/c1-11-29-73-61-47-57(63(75-31-13-3)45-55(61)23-21-51-39-65(77-33-15-5)69(81-37-19-9)66(40-51)78-34-16-6)27-25-53-43-59(49-71)60(50-72)44-54(53)26-28-58-48-62(74-30-12-2)56(46-64(58)76-32-14-4)24-22-52-41-67(79-35-17-7)70(82-38-20-10)68(42-52)80-36-18-8/h21-28,39-48H,11-20,29-38H2,1-10H3/b23-21+,24-22+,27-25-,28-26+. The second kappa shape index (κ2) is 36.4. The zero-order chi connectivity index (χ0) is 58.9. The maximum atomic E-state index is 10.3. The van der Waals surface area contributed by atoms with Crippen LogP contribution in [0.5, 0.6) is 57.5 Å². The maximum absolute atomic E-state index is 10.3. The summed E-state index contributed by atoms with van der Waals surface area (Å²) in [6.45, 7) is 26.0. The Morgan fingerprint density at radius 3 is 0.695 bits per heavy atom. The average molecular weight is 1120 g/mol. The lowest BCUT2D eigenvalue weighted by molar-refractivity contribution is 0.243. The molecule has 0 aliphatic carbocycles. The summed E-state index contributed by atoms with van der Waals surface area (Å²) in [5, 5.41) is 20.6. The Morgan fingerprint density at radius 2 is 0.463 bits per heavy atom. The number of hydrogen-bond acceptors (Lipinski definition) is 12. The van der Waals surface area contributed by atoms with E-state index in [0.29, 0.717) is 124 Å². The second-order valence-electron chi connectivity index (χ2n) is 19.6. The van der Waals surface area contributed by atoms with E-state index in [-0.39, 0.29) is 11.1 Å². The summed E-state index contributed by atoms with van der Waals surface area (Å²) in [6, 6.07) is 23.9. The Balaban J connectivity index is 1.62. The van der Waals surface area contributed by atoms with E-state index in [0.717, 1.165) is 109 Å². The molecule has 12 nitrogen and oxygen atoms in total. The van der Waals surface area contributed by atoms with Crippen molar-refractivity contribution in [1.82, 2.24) is 0 Å². The van der Waals surface area contributed by atoms with Crippen molar-refractivity contribution in [3.63, 3.8) is 0 Å². The molecule has 0 aliphatic heterocycles. The van der Waals surface area contributed by atoms with Crippen molar-refractivity contribution in [3.8, 4) is 69.6 Å². The third kappa shape index (κ3) is 19.6. The summed E-state index contributed by atoms with van der Waals surface area (Å²) < 4.78 is 63.1. The van der Waals surface area contributed by atoms with Gasteiger partial charge in [-0.05, 0) is 147 Å². The number of ether oxygens (including phenoxy) is 10. The van der Waals surface area contributed by atoms with Crippen molar-refractivity contribution >= 4 is 48.6 Å². The molecule has 0 bridgehead atoms. The molecule has 0 spiro atoms. The highest BCUT2D eigenvalue weighted by Gasteiger charge is 2.19. The van der Waals surface area contributed by atoms with E-state index in [1.165, 1.54) is 0 Å². The van der Waals surface area contributed by atoms with Crippen LogP contribution in [-0.4, -0.2) is 66.1 Å². The van der Waals surface area contributed by atoms with E-state index >= 15 is 0 Å². The Bertz CT molecular complexity index is 2740. The van der Waals surface area contributed by atoms with Crippen LogP contribution in [0.15, 0.2) is 60.7 Å². The molecule has 0 saturated carbocycles. The largest absolute Gasteiger partial charge is 0.493 e. The van der Waals surface area contributed by atoms with Crippen LogP contribution in [0, 0.1) is 22.7 Å². The first-order valence-corrected chi connectivity index (χ1v) is 29.9. The van der Waals surface area contributed by atoms with E-state index < -0.39 is 0 Å². The molecule has 0 aliphatic rings. The van der Waals surface area contributed by atoms with Gasteiger partial charge in [0.25, 0.3) is 0 Å². The fourth-order valence-electron chi connectivity index (χ4n) is 8.25. The molecule has 12 heteroatoms. The van der Waals surface area contributed by atoms with Gasteiger partial charge < -0.3 is 47.4 Å². The smallest absolute Gasteiger partial charge is 0.203 e. The van der Waals surface area contributed by atoms with E-state index in [2.05, 4.69) is 81.4 Å². The molecule has 0 radical (unpaired) electrons. The minimum absolute atomic E-state index is 0.264. The fraction of sp³-hybridized carbons (Fsp3) is 0.429. The molecule has 0 heterocycles. The Kier molecular flexibility index (Phi) is 28.8. The molecule has 0 aromatic heterocycles. The lowest BCUT2D eigenvalue weighted by Crippen LogP contribution is -2.05. The zero-order valence-corrected chi connectivity index (χ0v) is 50.5. The van der Waals surface area contributed by atoms with Crippen molar-refractivity contribution in [1.29, 1.82) is 10.5 Å². The molecule has 0 amide bonds. The summed E-state index contributed by atoms with van der Waals surface area (Å²) in [5.74, 6) is 6.49. The van der Waals surface area contributed by atoms with Gasteiger partial charge in [-0.3, -0.25) is 0 Å². The molecular formula is C70H88N2O10. The Hall–Kier alpha value is -7.96. The first-order chi connectivity index (χ1) is 40.1. The van der Waals surface area contributed by atoms with Crippen molar-refractivity contribution < 1.29 is 47.4 Å². The van der Waals surface area contributed by atoms with Gasteiger partial charge in [0.2, 0.25) is 11.5 Å². The summed E-state index contributed by atoms with van der Waals surface area (Å²) >= 11 is 0.